The molecule has 0 aliphatic heterocycles. The van der Waals surface area contributed by atoms with Crippen LogP contribution in [0.15, 0.2) is 22.7 Å². The number of hydrogen-bond donors (Lipinski definition) is 0. The minimum Gasteiger partial charge on any atom is -0.299 e. The van der Waals surface area contributed by atoms with Gasteiger partial charge in [0.25, 0.3) is 0 Å². The molecule has 1 aromatic rings. The molecule has 0 N–H and O–H groups in total. The third-order valence-electron chi connectivity index (χ3n) is 4.25. The van der Waals surface area contributed by atoms with E-state index >= 15 is 0 Å². The highest BCUT2D eigenvalue weighted by Gasteiger charge is 2.25. The molecular formula is C16H20BrFO. The number of ketones is 1. The maximum Gasteiger partial charge on any atom is 0.140 e. The first-order valence-electron chi connectivity index (χ1n) is 7.06. The summed E-state index contributed by atoms with van der Waals surface area (Å²) in [5, 5.41) is 0. The molecule has 0 aromatic heterocycles. The molecule has 0 bridgehead atoms. The molecule has 1 saturated carbocycles. The highest BCUT2D eigenvalue weighted by Crippen LogP contribution is 2.32. The van der Waals surface area contributed by atoms with E-state index in [2.05, 4.69) is 22.9 Å². The minimum atomic E-state index is -0.277. The van der Waals surface area contributed by atoms with Gasteiger partial charge >= 0.3 is 0 Å². The van der Waals surface area contributed by atoms with E-state index in [4.69, 9.17) is 0 Å². The van der Waals surface area contributed by atoms with Gasteiger partial charge in [-0.15, -0.1) is 0 Å². The largest absolute Gasteiger partial charge is 0.299 e. The summed E-state index contributed by atoms with van der Waals surface area (Å²) in [5.74, 6) is 0.962. The normalized spacial score (nSPS) is 23.3. The molecule has 0 heterocycles. The number of rotatable bonds is 4. The molecule has 0 spiro atoms. The second kappa shape index (κ2) is 6.65. The van der Waals surface area contributed by atoms with Crippen molar-refractivity contribution in [1.29, 1.82) is 0 Å². The van der Waals surface area contributed by atoms with Gasteiger partial charge in [-0.3, -0.25) is 4.79 Å². The van der Waals surface area contributed by atoms with Crippen molar-refractivity contribution in [2.75, 3.05) is 0 Å². The Kier molecular flexibility index (Phi) is 5.14. The van der Waals surface area contributed by atoms with E-state index in [0.29, 0.717) is 6.42 Å². The maximum absolute atomic E-state index is 13.2. The first-order valence-corrected chi connectivity index (χ1v) is 7.86. The zero-order chi connectivity index (χ0) is 13.8. The Morgan fingerprint density at radius 3 is 2.63 bits per heavy atom. The van der Waals surface area contributed by atoms with E-state index in [1.807, 2.05) is 0 Å². The molecule has 0 amide bonds. The lowest BCUT2D eigenvalue weighted by molar-refractivity contribution is -0.123. The molecule has 0 atom stereocenters. The van der Waals surface area contributed by atoms with E-state index < -0.39 is 0 Å². The topological polar surface area (TPSA) is 17.1 Å². The van der Waals surface area contributed by atoms with Crippen LogP contribution in [0.25, 0.3) is 0 Å². The first kappa shape index (κ1) is 14.7. The Balaban J connectivity index is 1.96. The van der Waals surface area contributed by atoms with Crippen molar-refractivity contribution < 1.29 is 9.18 Å². The van der Waals surface area contributed by atoms with Crippen LogP contribution < -0.4 is 0 Å². The van der Waals surface area contributed by atoms with Crippen LogP contribution in [0.4, 0.5) is 4.39 Å². The molecule has 19 heavy (non-hydrogen) atoms. The summed E-state index contributed by atoms with van der Waals surface area (Å²) in [4.78, 5) is 12.3. The smallest absolute Gasteiger partial charge is 0.140 e. The monoisotopic (exact) mass is 326 g/mol. The van der Waals surface area contributed by atoms with Crippen molar-refractivity contribution in [1.82, 2.24) is 0 Å². The predicted molar refractivity (Wildman–Crippen MR) is 78.6 cm³/mol. The van der Waals surface area contributed by atoms with E-state index in [1.165, 1.54) is 18.6 Å². The molecule has 1 fully saturated rings. The van der Waals surface area contributed by atoms with Gasteiger partial charge in [0.1, 0.15) is 11.6 Å². The fourth-order valence-corrected chi connectivity index (χ4v) is 3.29. The average molecular weight is 327 g/mol. The van der Waals surface area contributed by atoms with Crippen LogP contribution in [0.2, 0.25) is 0 Å². The first-order chi connectivity index (χ1) is 9.10. The van der Waals surface area contributed by atoms with Crippen LogP contribution >= 0.6 is 15.9 Å². The lowest BCUT2D eigenvalue weighted by Gasteiger charge is -2.26. The second-order valence-electron chi connectivity index (χ2n) is 5.50. The standard InChI is InChI=1S/C16H20BrFO/c1-2-11-3-5-12(6-4-11)16(19)10-13-9-14(18)7-8-15(13)17/h7-9,11-12H,2-6,10H2,1H3. The van der Waals surface area contributed by atoms with E-state index in [1.54, 1.807) is 6.07 Å². The van der Waals surface area contributed by atoms with Gasteiger partial charge in [0.15, 0.2) is 0 Å². The van der Waals surface area contributed by atoms with Crippen molar-refractivity contribution in [3.63, 3.8) is 0 Å². The van der Waals surface area contributed by atoms with E-state index in [0.717, 1.165) is 41.6 Å². The van der Waals surface area contributed by atoms with Crippen LogP contribution in [0.1, 0.15) is 44.6 Å². The van der Waals surface area contributed by atoms with Crippen LogP contribution in [0.5, 0.6) is 0 Å². The third kappa shape index (κ3) is 3.88. The summed E-state index contributed by atoms with van der Waals surface area (Å²) in [6.45, 7) is 2.22. The summed E-state index contributed by atoms with van der Waals surface area (Å²) in [7, 11) is 0. The number of benzene rings is 1. The lowest BCUT2D eigenvalue weighted by atomic mass is 9.78. The minimum absolute atomic E-state index is 0.179. The molecular weight excluding hydrogens is 307 g/mol. The van der Waals surface area contributed by atoms with Gasteiger partial charge in [-0.1, -0.05) is 29.3 Å². The van der Waals surface area contributed by atoms with Gasteiger partial charge in [-0.2, -0.15) is 0 Å². The Labute approximate surface area is 122 Å². The molecule has 3 heteroatoms. The van der Waals surface area contributed by atoms with E-state index in [-0.39, 0.29) is 17.5 Å². The Morgan fingerprint density at radius 2 is 2.00 bits per heavy atom. The summed E-state index contributed by atoms with van der Waals surface area (Å²) < 4.78 is 14.0. The lowest BCUT2D eigenvalue weighted by Crippen LogP contribution is -2.23. The van der Waals surface area contributed by atoms with E-state index in [9.17, 15) is 9.18 Å². The van der Waals surface area contributed by atoms with Crippen molar-refractivity contribution in [2.24, 2.45) is 11.8 Å². The molecule has 0 radical (unpaired) electrons. The Morgan fingerprint density at radius 1 is 1.32 bits per heavy atom. The molecule has 2 rings (SSSR count). The highest BCUT2D eigenvalue weighted by molar-refractivity contribution is 9.10. The molecule has 0 unspecified atom stereocenters. The number of halogens is 2. The van der Waals surface area contributed by atoms with Crippen LogP contribution in [0, 0.1) is 17.7 Å². The van der Waals surface area contributed by atoms with Gasteiger partial charge < -0.3 is 0 Å². The fraction of sp³-hybridized carbons (Fsp3) is 0.562. The SMILES string of the molecule is CCC1CCC(C(=O)Cc2cc(F)ccc2Br)CC1. The highest BCUT2D eigenvalue weighted by atomic mass is 79.9. The van der Waals surface area contributed by atoms with Crippen molar-refractivity contribution in [3.8, 4) is 0 Å². The predicted octanol–water partition coefficient (Wildman–Crippen LogP) is 4.92. The number of carbonyl (C=O) groups excluding carboxylic acids is 1. The average Bonchev–Trinajstić information content (AvgIpc) is 2.43. The summed E-state index contributed by atoms with van der Waals surface area (Å²) in [5.41, 5.74) is 0.766. The summed E-state index contributed by atoms with van der Waals surface area (Å²) in [6.07, 6.45) is 5.90. The van der Waals surface area contributed by atoms with Crippen LogP contribution in [-0.4, -0.2) is 5.78 Å². The summed E-state index contributed by atoms with van der Waals surface area (Å²) in [6, 6.07) is 4.54. The van der Waals surface area contributed by atoms with Crippen molar-refractivity contribution in [3.05, 3.63) is 34.1 Å². The second-order valence-corrected chi connectivity index (χ2v) is 6.36. The third-order valence-corrected chi connectivity index (χ3v) is 5.03. The van der Waals surface area contributed by atoms with Crippen molar-refractivity contribution in [2.45, 2.75) is 45.4 Å². The molecule has 1 nitrogen and oxygen atoms in total. The van der Waals surface area contributed by atoms with Gasteiger partial charge in [-0.25, -0.2) is 4.39 Å². The van der Waals surface area contributed by atoms with Gasteiger partial charge in [0, 0.05) is 16.8 Å². The zero-order valence-electron chi connectivity index (χ0n) is 11.3. The van der Waals surface area contributed by atoms with Crippen LogP contribution in [0.3, 0.4) is 0 Å². The van der Waals surface area contributed by atoms with Gasteiger partial charge in [0.2, 0.25) is 0 Å². The maximum atomic E-state index is 13.2. The molecule has 1 aliphatic rings. The number of Topliss-reactive ketones (excluding diaryl/α,β-unsaturated/α-hetero) is 1. The Hall–Kier alpha value is -0.700. The van der Waals surface area contributed by atoms with Crippen LogP contribution in [-0.2, 0) is 11.2 Å². The quantitative estimate of drug-likeness (QED) is 0.767. The molecule has 1 aliphatic carbocycles. The number of hydrogen-bond acceptors (Lipinski definition) is 1. The molecule has 0 saturated heterocycles. The fourth-order valence-electron chi connectivity index (χ4n) is 2.90. The Bertz CT molecular complexity index is 450. The van der Waals surface area contributed by atoms with Gasteiger partial charge in [0.05, 0.1) is 0 Å². The summed E-state index contributed by atoms with van der Waals surface area (Å²) >= 11 is 3.38. The van der Waals surface area contributed by atoms with Gasteiger partial charge in [-0.05, 0) is 55.4 Å². The van der Waals surface area contributed by atoms with Crippen molar-refractivity contribution >= 4 is 21.7 Å². The zero-order valence-corrected chi connectivity index (χ0v) is 12.9. The molecule has 104 valence electrons. The number of carbonyl (C=O) groups is 1. The molecule has 1 aromatic carbocycles.